The highest BCUT2D eigenvalue weighted by molar-refractivity contribution is 6.15. The van der Waals surface area contributed by atoms with Crippen LogP contribution in [0.1, 0.15) is 16.9 Å². The van der Waals surface area contributed by atoms with E-state index < -0.39 is 5.97 Å². The molecule has 2 aromatic carbocycles. The van der Waals surface area contributed by atoms with E-state index in [-0.39, 0.29) is 12.3 Å². The number of furan rings is 1. The average Bonchev–Trinajstić information content (AvgIpc) is 3.49. The molecule has 146 valence electrons. The number of nitrogens with zero attached hydrogens (tertiary/aromatic N) is 5. The van der Waals surface area contributed by atoms with Crippen molar-refractivity contribution < 1.29 is 13.9 Å². The number of tetrazole rings is 1. The van der Waals surface area contributed by atoms with Gasteiger partial charge in [-0.3, -0.25) is 0 Å². The van der Waals surface area contributed by atoms with Crippen molar-refractivity contribution in [1.29, 1.82) is 5.26 Å². The van der Waals surface area contributed by atoms with Gasteiger partial charge in [0.25, 0.3) is 0 Å². The molecule has 8 nitrogen and oxygen atoms in total. The molecule has 8 heteroatoms. The number of hydrogen-bond donors (Lipinski definition) is 0. The van der Waals surface area contributed by atoms with Crippen molar-refractivity contribution in [3.8, 4) is 17.5 Å². The molecule has 30 heavy (non-hydrogen) atoms. The molecule has 0 N–H and O–H groups in total. The molecule has 0 aliphatic rings. The fourth-order valence-electron chi connectivity index (χ4n) is 2.73. The molecule has 2 heterocycles. The molecule has 0 saturated carbocycles. The Bertz CT molecular complexity index is 1200. The summed E-state index contributed by atoms with van der Waals surface area (Å²) in [7, 11) is 0. The lowest BCUT2D eigenvalue weighted by Gasteiger charge is -2.10. The van der Waals surface area contributed by atoms with Crippen LogP contribution in [0.15, 0.2) is 77.4 Å². The van der Waals surface area contributed by atoms with E-state index in [9.17, 15) is 4.79 Å². The minimum atomic E-state index is -0.625. The molecule has 0 spiro atoms. The predicted molar refractivity (Wildman–Crippen MR) is 107 cm³/mol. The molecule has 0 aliphatic heterocycles. The number of nitriles is 1. The molecule has 0 radical (unpaired) electrons. The van der Waals surface area contributed by atoms with Gasteiger partial charge in [0.1, 0.15) is 12.4 Å². The summed E-state index contributed by atoms with van der Waals surface area (Å²) in [6.45, 7) is 0.0306. The molecular formula is C22H15N5O3. The van der Waals surface area contributed by atoms with Gasteiger partial charge in [-0.25, -0.2) is 4.79 Å². The van der Waals surface area contributed by atoms with E-state index in [0.717, 1.165) is 11.1 Å². The number of esters is 1. The molecule has 4 aromatic rings. The maximum absolute atomic E-state index is 12.9. The van der Waals surface area contributed by atoms with Crippen molar-refractivity contribution in [2.75, 3.05) is 0 Å². The van der Waals surface area contributed by atoms with Gasteiger partial charge in [-0.15, -0.1) is 5.10 Å². The maximum atomic E-state index is 12.9. The Morgan fingerprint density at radius 1 is 1.10 bits per heavy atom. The lowest BCUT2D eigenvalue weighted by atomic mass is 10.1. The van der Waals surface area contributed by atoms with Crippen molar-refractivity contribution in [2.45, 2.75) is 6.61 Å². The van der Waals surface area contributed by atoms with Crippen molar-refractivity contribution in [3.63, 3.8) is 0 Å². The first-order valence-electron chi connectivity index (χ1n) is 9.00. The average molecular weight is 397 g/mol. The Hall–Kier alpha value is -4.51. The second-order valence-electron chi connectivity index (χ2n) is 6.21. The molecule has 2 aromatic heterocycles. The summed E-state index contributed by atoms with van der Waals surface area (Å²) in [6, 6.07) is 21.5. The summed E-state index contributed by atoms with van der Waals surface area (Å²) in [5.41, 5.74) is 2.12. The lowest BCUT2D eigenvalue weighted by Crippen LogP contribution is -2.15. The third-order valence-corrected chi connectivity index (χ3v) is 4.21. The largest absolute Gasteiger partial charge is 0.465 e. The highest BCUT2D eigenvalue weighted by Gasteiger charge is 2.21. The van der Waals surface area contributed by atoms with Gasteiger partial charge in [0.2, 0.25) is 0 Å². The minimum absolute atomic E-state index is 0.0306. The highest BCUT2D eigenvalue weighted by atomic mass is 16.5. The number of ether oxygens (including phenoxy) is 1. The van der Waals surface area contributed by atoms with Gasteiger partial charge in [0, 0.05) is 11.6 Å². The van der Waals surface area contributed by atoms with E-state index in [0.29, 0.717) is 17.1 Å². The minimum Gasteiger partial charge on any atom is -0.465 e. The molecule has 0 bridgehead atoms. The Labute approximate surface area is 171 Å². The zero-order chi connectivity index (χ0) is 20.8. The second kappa shape index (κ2) is 8.67. The van der Waals surface area contributed by atoms with Crippen molar-refractivity contribution in [1.82, 2.24) is 20.2 Å². The molecular weight excluding hydrogens is 382 g/mol. The van der Waals surface area contributed by atoms with E-state index in [4.69, 9.17) is 14.4 Å². The first-order chi connectivity index (χ1) is 14.7. The smallest absolute Gasteiger partial charge is 0.357 e. The first kappa shape index (κ1) is 18.8. The van der Waals surface area contributed by atoms with E-state index in [1.54, 1.807) is 36.4 Å². The Kier molecular flexibility index (Phi) is 5.44. The van der Waals surface area contributed by atoms with Crippen LogP contribution in [0, 0.1) is 11.3 Å². The molecule has 0 unspecified atom stereocenters. The number of carbonyl (C=O) groups is 1. The Morgan fingerprint density at radius 3 is 2.60 bits per heavy atom. The van der Waals surface area contributed by atoms with E-state index in [1.165, 1.54) is 17.0 Å². The van der Waals surface area contributed by atoms with Crippen LogP contribution < -0.4 is 0 Å². The zero-order valence-corrected chi connectivity index (χ0v) is 15.7. The molecule has 0 fully saturated rings. The standard InChI is InChI=1S/C22H15N5O3/c23-14-16-8-10-17(11-9-16)15-30-22(28)20(13-19-7-4-12-29-19)27-21(24-25-26-27)18-5-2-1-3-6-18/h1-13H,15H2/b20-13-. The summed E-state index contributed by atoms with van der Waals surface area (Å²) in [4.78, 5) is 12.9. The maximum Gasteiger partial charge on any atom is 0.357 e. The Balaban J connectivity index is 1.64. The molecule has 0 aliphatic carbocycles. The van der Waals surface area contributed by atoms with Gasteiger partial charge >= 0.3 is 5.97 Å². The van der Waals surface area contributed by atoms with Crippen LogP contribution in [0.2, 0.25) is 0 Å². The zero-order valence-electron chi connectivity index (χ0n) is 15.7. The summed E-state index contributed by atoms with van der Waals surface area (Å²) in [5.74, 6) is 0.221. The van der Waals surface area contributed by atoms with Gasteiger partial charge < -0.3 is 9.15 Å². The van der Waals surface area contributed by atoms with Crippen LogP contribution in [0.25, 0.3) is 23.2 Å². The number of rotatable bonds is 6. The summed E-state index contributed by atoms with van der Waals surface area (Å²) in [6.07, 6.45) is 3.02. The normalized spacial score (nSPS) is 11.1. The summed E-state index contributed by atoms with van der Waals surface area (Å²) < 4.78 is 12.1. The number of benzene rings is 2. The lowest BCUT2D eigenvalue weighted by molar-refractivity contribution is -0.138. The second-order valence-corrected chi connectivity index (χ2v) is 6.21. The molecule has 0 atom stereocenters. The van der Waals surface area contributed by atoms with Gasteiger partial charge in [0.15, 0.2) is 11.5 Å². The van der Waals surface area contributed by atoms with Crippen LogP contribution in [0.5, 0.6) is 0 Å². The topological polar surface area (TPSA) is 107 Å². The molecule has 4 rings (SSSR count). The quantitative estimate of drug-likeness (QED) is 0.362. The summed E-state index contributed by atoms with van der Waals surface area (Å²) in [5, 5.41) is 20.6. The van der Waals surface area contributed by atoms with Crippen molar-refractivity contribution >= 4 is 17.7 Å². The highest BCUT2D eigenvalue weighted by Crippen LogP contribution is 2.21. The van der Waals surface area contributed by atoms with Crippen LogP contribution in [0.4, 0.5) is 0 Å². The van der Waals surface area contributed by atoms with Gasteiger partial charge in [-0.1, -0.05) is 42.5 Å². The molecule has 0 saturated heterocycles. The fraction of sp³-hybridized carbons (Fsp3) is 0.0455. The van der Waals surface area contributed by atoms with Gasteiger partial charge in [-0.05, 0) is 40.3 Å². The number of hydrogen-bond acceptors (Lipinski definition) is 7. The van der Waals surface area contributed by atoms with Crippen molar-refractivity contribution in [2.24, 2.45) is 0 Å². The van der Waals surface area contributed by atoms with Crippen molar-refractivity contribution in [3.05, 3.63) is 89.9 Å². The number of aromatic nitrogens is 4. The summed E-state index contributed by atoms with van der Waals surface area (Å²) >= 11 is 0. The van der Waals surface area contributed by atoms with Gasteiger partial charge in [0.05, 0.1) is 17.9 Å². The molecule has 0 amide bonds. The fourth-order valence-corrected chi connectivity index (χ4v) is 2.73. The predicted octanol–water partition coefficient (Wildman–Crippen LogP) is 3.55. The first-order valence-corrected chi connectivity index (χ1v) is 9.00. The van der Waals surface area contributed by atoms with Gasteiger partial charge in [-0.2, -0.15) is 9.94 Å². The van der Waals surface area contributed by atoms with E-state index >= 15 is 0 Å². The van der Waals surface area contributed by atoms with Crippen LogP contribution >= 0.6 is 0 Å². The SMILES string of the molecule is N#Cc1ccc(COC(=O)/C(=C/c2ccco2)n2nnnc2-c2ccccc2)cc1. The third kappa shape index (κ3) is 4.15. The Morgan fingerprint density at radius 2 is 1.90 bits per heavy atom. The van der Waals surface area contributed by atoms with Crippen LogP contribution in [-0.4, -0.2) is 26.2 Å². The number of carbonyl (C=O) groups excluding carboxylic acids is 1. The van der Waals surface area contributed by atoms with E-state index in [1.807, 2.05) is 36.4 Å². The van der Waals surface area contributed by atoms with Crippen LogP contribution in [-0.2, 0) is 16.1 Å². The van der Waals surface area contributed by atoms with Crippen LogP contribution in [0.3, 0.4) is 0 Å². The monoisotopic (exact) mass is 397 g/mol. The van der Waals surface area contributed by atoms with E-state index in [2.05, 4.69) is 15.5 Å². The third-order valence-electron chi connectivity index (χ3n) is 4.21.